The molecule has 0 saturated carbocycles. The van der Waals surface area contributed by atoms with Gasteiger partial charge in [0, 0.05) is 44.1 Å². The summed E-state index contributed by atoms with van der Waals surface area (Å²) < 4.78 is 5.45. The van der Waals surface area contributed by atoms with Crippen LogP contribution in [0.2, 0.25) is 0 Å². The molecule has 2 heterocycles. The highest BCUT2D eigenvalue weighted by molar-refractivity contribution is 5.99. The molecule has 2 N–H and O–H groups in total. The van der Waals surface area contributed by atoms with Crippen LogP contribution in [0.4, 0.5) is 21.0 Å². The third-order valence-electron chi connectivity index (χ3n) is 5.09. The van der Waals surface area contributed by atoms with Gasteiger partial charge < -0.3 is 20.3 Å². The van der Waals surface area contributed by atoms with Crippen molar-refractivity contribution >= 4 is 23.5 Å². The maximum Gasteiger partial charge on any atom is 0.410 e. The summed E-state index contributed by atoms with van der Waals surface area (Å²) in [6, 6.07) is 11.2. The summed E-state index contributed by atoms with van der Waals surface area (Å²) in [5.74, 6) is 0. The minimum absolute atomic E-state index is 0.240. The fourth-order valence-corrected chi connectivity index (χ4v) is 3.41. The second kappa shape index (κ2) is 10.5. The van der Waals surface area contributed by atoms with Crippen LogP contribution in [0.25, 0.3) is 0 Å². The number of aromatic nitrogens is 1. The van der Waals surface area contributed by atoms with Crippen LogP contribution in [0.5, 0.6) is 0 Å². The molecule has 0 bridgehead atoms. The zero-order valence-electron chi connectivity index (χ0n) is 19.4. The molecule has 0 aliphatic carbocycles. The molecule has 1 fully saturated rings. The van der Waals surface area contributed by atoms with Gasteiger partial charge in [0.15, 0.2) is 0 Å². The van der Waals surface area contributed by atoms with Crippen molar-refractivity contribution in [3.63, 3.8) is 0 Å². The van der Waals surface area contributed by atoms with Crippen LogP contribution in [0.15, 0.2) is 42.6 Å². The molecule has 1 aromatic carbocycles. The second-order valence-corrected chi connectivity index (χ2v) is 9.03. The Bertz CT molecular complexity index is 916. The smallest absolute Gasteiger partial charge is 0.410 e. The van der Waals surface area contributed by atoms with Crippen molar-refractivity contribution in [3.05, 3.63) is 53.9 Å². The zero-order chi connectivity index (χ0) is 23.1. The number of nitrogens with zero attached hydrogens (tertiary/aromatic N) is 3. The van der Waals surface area contributed by atoms with E-state index in [4.69, 9.17) is 4.74 Å². The van der Waals surface area contributed by atoms with Crippen LogP contribution in [-0.2, 0) is 11.2 Å². The summed E-state index contributed by atoms with van der Waals surface area (Å²) in [4.78, 5) is 32.7. The molecule has 8 heteroatoms. The highest BCUT2D eigenvalue weighted by atomic mass is 16.6. The molecular weight excluding hydrogens is 406 g/mol. The van der Waals surface area contributed by atoms with Gasteiger partial charge in [0.05, 0.1) is 11.9 Å². The molecule has 1 aliphatic heterocycles. The summed E-state index contributed by atoms with van der Waals surface area (Å²) >= 11 is 0. The van der Waals surface area contributed by atoms with Gasteiger partial charge in [0.25, 0.3) is 0 Å². The van der Waals surface area contributed by atoms with Crippen molar-refractivity contribution in [3.8, 4) is 0 Å². The first-order chi connectivity index (χ1) is 15.2. The Morgan fingerprint density at radius 2 is 1.75 bits per heavy atom. The number of ether oxygens (including phenoxy) is 1. The number of aryl methyl sites for hydroxylation is 1. The van der Waals surface area contributed by atoms with E-state index in [1.807, 2.05) is 58.0 Å². The van der Waals surface area contributed by atoms with Crippen molar-refractivity contribution in [1.29, 1.82) is 0 Å². The molecule has 1 aliphatic rings. The molecule has 2 aromatic rings. The van der Waals surface area contributed by atoms with Crippen LogP contribution >= 0.6 is 0 Å². The van der Waals surface area contributed by atoms with Crippen LogP contribution in [0.3, 0.4) is 0 Å². The lowest BCUT2D eigenvalue weighted by molar-refractivity contribution is 0.0146. The Labute approximate surface area is 190 Å². The number of urea groups is 1. The minimum Gasteiger partial charge on any atom is -0.444 e. The summed E-state index contributed by atoms with van der Waals surface area (Å²) in [6.07, 6.45) is 2.26. The lowest BCUT2D eigenvalue weighted by Gasteiger charge is -2.35. The van der Waals surface area contributed by atoms with Gasteiger partial charge in [-0.15, -0.1) is 0 Å². The summed E-state index contributed by atoms with van der Waals surface area (Å²) in [5, 5.41) is 5.66. The van der Waals surface area contributed by atoms with Gasteiger partial charge >= 0.3 is 12.1 Å². The van der Waals surface area contributed by atoms with Crippen LogP contribution in [0.1, 0.15) is 32.0 Å². The molecule has 1 aromatic heterocycles. The number of rotatable bonds is 5. The number of piperazine rings is 1. The Hall–Kier alpha value is -3.13. The number of hydrogen-bond acceptors (Lipinski definition) is 5. The van der Waals surface area contributed by atoms with Gasteiger partial charge in [-0.1, -0.05) is 12.1 Å². The van der Waals surface area contributed by atoms with Gasteiger partial charge in [-0.2, -0.15) is 0 Å². The third-order valence-corrected chi connectivity index (χ3v) is 5.09. The van der Waals surface area contributed by atoms with Crippen molar-refractivity contribution < 1.29 is 14.3 Å². The zero-order valence-corrected chi connectivity index (χ0v) is 19.4. The first-order valence-corrected chi connectivity index (χ1v) is 11.0. The number of carbonyl (C=O) groups is 2. The predicted octanol–water partition coefficient (Wildman–Crippen LogP) is 4.13. The van der Waals surface area contributed by atoms with Crippen molar-refractivity contribution in [2.24, 2.45) is 0 Å². The molecule has 172 valence electrons. The van der Waals surface area contributed by atoms with Gasteiger partial charge in [-0.05, 0) is 63.9 Å². The number of benzene rings is 1. The second-order valence-electron chi connectivity index (χ2n) is 9.03. The van der Waals surface area contributed by atoms with Crippen LogP contribution < -0.4 is 10.6 Å². The van der Waals surface area contributed by atoms with Crippen molar-refractivity contribution in [2.75, 3.05) is 43.4 Å². The summed E-state index contributed by atoms with van der Waals surface area (Å²) in [6.45, 7) is 11.4. The van der Waals surface area contributed by atoms with Gasteiger partial charge in [-0.3, -0.25) is 9.88 Å². The predicted molar refractivity (Wildman–Crippen MR) is 126 cm³/mol. The van der Waals surface area contributed by atoms with E-state index in [0.717, 1.165) is 43.0 Å². The van der Waals surface area contributed by atoms with Crippen molar-refractivity contribution in [2.45, 2.75) is 39.7 Å². The van der Waals surface area contributed by atoms with E-state index in [2.05, 4.69) is 26.6 Å². The number of carbonyl (C=O) groups excluding carboxylic acids is 2. The maximum absolute atomic E-state index is 12.3. The van der Waals surface area contributed by atoms with Crippen molar-refractivity contribution in [1.82, 2.24) is 14.8 Å². The molecule has 0 unspecified atom stereocenters. The van der Waals surface area contributed by atoms with Gasteiger partial charge in [-0.25, -0.2) is 9.59 Å². The van der Waals surface area contributed by atoms with E-state index in [1.165, 1.54) is 0 Å². The Balaban J connectivity index is 1.44. The molecule has 3 amide bonds. The molecule has 32 heavy (non-hydrogen) atoms. The Morgan fingerprint density at radius 1 is 1.03 bits per heavy atom. The quantitative estimate of drug-likeness (QED) is 0.732. The maximum atomic E-state index is 12.3. The molecule has 8 nitrogen and oxygen atoms in total. The lowest BCUT2D eigenvalue weighted by atomic mass is 10.1. The SMILES string of the molecule is Cc1ccc(NC(=O)Nc2cccc(CCN3CCN(C(=O)OC(C)(C)C)CC3)c2)cn1. The fourth-order valence-electron chi connectivity index (χ4n) is 3.41. The van der Waals surface area contributed by atoms with Gasteiger partial charge in [0.2, 0.25) is 0 Å². The highest BCUT2D eigenvalue weighted by Gasteiger charge is 2.25. The molecule has 0 atom stereocenters. The number of nitrogens with one attached hydrogen (secondary N) is 2. The standard InChI is InChI=1S/C24H33N5O3/c1-18-8-9-21(17-25-18)27-22(30)26-20-7-5-6-19(16-20)10-11-28-12-14-29(15-13-28)23(31)32-24(2,3)4/h5-9,16-17H,10-15H2,1-4H3,(H2,26,27,30). The van der Waals surface area contributed by atoms with Crippen LogP contribution in [-0.4, -0.2) is 65.2 Å². The average molecular weight is 440 g/mol. The fraction of sp³-hybridized carbons (Fsp3) is 0.458. The topological polar surface area (TPSA) is 86.8 Å². The summed E-state index contributed by atoms with van der Waals surface area (Å²) in [5.41, 5.74) is 2.97. The summed E-state index contributed by atoms with van der Waals surface area (Å²) in [7, 11) is 0. The van der Waals surface area contributed by atoms with Crippen LogP contribution in [0, 0.1) is 6.92 Å². The van der Waals surface area contributed by atoms with E-state index in [1.54, 1.807) is 11.1 Å². The monoisotopic (exact) mass is 439 g/mol. The number of amides is 3. The van der Waals surface area contributed by atoms with E-state index in [-0.39, 0.29) is 12.1 Å². The van der Waals surface area contributed by atoms with E-state index >= 15 is 0 Å². The average Bonchev–Trinajstić information content (AvgIpc) is 2.73. The lowest BCUT2D eigenvalue weighted by Crippen LogP contribution is -2.50. The van der Waals surface area contributed by atoms with Gasteiger partial charge in [0.1, 0.15) is 5.60 Å². The molecular formula is C24H33N5O3. The van der Waals surface area contributed by atoms with E-state index < -0.39 is 5.60 Å². The third kappa shape index (κ3) is 7.53. The Morgan fingerprint density at radius 3 is 2.41 bits per heavy atom. The minimum atomic E-state index is -0.471. The van der Waals surface area contributed by atoms with E-state index in [0.29, 0.717) is 18.8 Å². The number of hydrogen-bond donors (Lipinski definition) is 2. The molecule has 1 saturated heterocycles. The molecule has 3 rings (SSSR count). The Kier molecular flexibility index (Phi) is 7.69. The highest BCUT2D eigenvalue weighted by Crippen LogP contribution is 2.15. The normalized spacial score (nSPS) is 14.7. The first kappa shape index (κ1) is 23.5. The first-order valence-electron chi connectivity index (χ1n) is 11.0. The molecule has 0 radical (unpaired) electrons. The largest absolute Gasteiger partial charge is 0.444 e. The number of anilines is 2. The van der Waals surface area contributed by atoms with E-state index in [9.17, 15) is 9.59 Å². The molecule has 0 spiro atoms. The number of pyridine rings is 1.